The fourth-order valence-electron chi connectivity index (χ4n) is 3.84. The Hall–Kier alpha value is -2.25. The van der Waals surface area contributed by atoms with Crippen LogP contribution in [0.1, 0.15) is 44.0 Å². The lowest BCUT2D eigenvalue weighted by molar-refractivity contribution is -0.0401. The van der Waals surface area contributed by atoms with Crippen molar-refractivity contribution in [1.82, 2.24) is 19.9 Å². The van der Waals surface area contributed by atoms with E-state index in [0.29, 0.717) is 17.9 Å². The highest BCUT2D eigenvalue weighted by molar-refractivity contribution is 6.06. The van der Waals surface area contributed by atoms with Gasteiger partial charge in [0.05, 0.1) is 23.3 Å². The number of anilines is 1. The van der Waals surface area contributed by atoms with Crippen molar-refractivity contribution < 1.29 is 9.15 Å². The van der Waals surface area contributed by atoms with E-state index in [2.05, 4.69) is 41.0 Å². The molecule has 0 bridgehead atoms. The molecular weight excluding hydrogens is 354 g/mol. The van der Waals surface area contributed by atoms with Crippen LogP contribution in [0.4, 0.5) is 5.82 Å². The summed E-state index contributed by atoms with van der Waals surface area (Å²) >= 11 is 0. The highest BCUT2D eigenvalue weighted by Gasteiger charge is 2.32. The Morgan fingerprint density at radius 1 is 1.21 bits per heavy atom. The molecule has 7 nitrogen and oxygen atoms in total. The van der Waals surface area contributed by atoms with Gasteiger partial charge in [-0.15, -0.1) is 0 Å². The number of pyridine rings is 1. The van der Waals surface area contributed by atoms with E-state index in [9.17, 15) is 0 Å². The van der Waals surface area contributed by atoms with Crippen LogP contribution in [0, 0.1) is 0 Å². The zero-order chi connectivity index (χ0) is 19.9. The van der Waals surface area contributed by atoms with Gasteiger partial charge >= 0.3 is 0 Å². The molecule has 0 saturated carbocycles. The fourth-order valence-corrected chi connectivity index (χ4v) is 3.84. The van der Waals surface area contributed by atoms with Crippen LogP contribution in [0.25, 0.3) is 22.2 Å². The maximum atomic E-state index is 6.21. The van der Waals surface area contributed by atoms with Gasteiger partial charge < -0.3 is 19.4 Å². The van der Waals surface area contributed by atoms with E-state index >= 15 is 0 Å². The first-order chi connectivity index (χ1) is 13.4. The van der Waals surface area contributed by atoms with Gasteiger partial charge in [0.25, 0.3) is 0 Å². The quantitative estimate of drug-likeness (QED) is 0.697. The smallest absolute Gasteiger partial charge is 0.229 e. The topological polar surface area (TPSA) is 76.3 Å². The summed E-state index contributed by atoms with van der Waals surface area (Å²) in [4.78, 5) is 16.0. The van der Waals surface area contributed by atoms with Gasteiger partial charge in [-0.05, 0) is 39.9 Å². The van der Waals surface area contributed by atoms with Crippen molar-refractivity contribution >= 4 is 28.0 Å². The van der Waals surface area contributed by atoms with E-state index in [1.54, 1.807) is 6.33 Å². The van der Waals surface area contributed by atoms with Crippen LogP contribution in [0.3, 0.4) is 0 Å². The summed E-state index contributed by atoms with van der Waals surface area (Å²) in [5.74, 6) is 0.724. The maximum absolute atomic E-state index is 6.21. The van der Waals surface area contributed by atoms with E-state index in [1.165, 1.54) is 11.1 Å². The van der Waals surface area contributed by atoms with Gasteiger partial charge in [0.15, 0.2) is 11.4 Å². The number of aromatic nitrogens is 3. The number of hydrogen-bond donors (Lipinski definition) is 1. The largest absolute Gasteiger partial charge is 0.432 e. The Bertz CT molecular complexity index is 1010. The molecule has 1 N–H and O–H groups in total. The van der Waals surface area contributed by atoms with Crippen molar-refractivity contribution in [3.8, 4) is 0 Å². The van der Waals surface area contributed by atoms with Gasteiger partial charge in [-0.1, -0.05) is 13.3 Å². The average Bonchev–Trinajstić information content (AvgIpc) is 3.00. The standard InChI is InChI=1S/C21H29N5O2/c1-6-7-15-14-11-27-21(2,3)10-13(14)16-17-18(28-20(16)25-15)19(24-12-23-17)22-8-9-26(4)5/h12H,6-11H2,1-5H3,(H,22,23,24). The van der Waals surface area contributed by atoms with E-state index < -0.39 is 0 Å². The van der Waals surface area contributed by atoms with Crippen LogP contribution in [-0.4, -0.2) is 52.6 Å². The first-order valence-electron chi connectivity index (χ1n) is 10.00. The molecule has 3 aromatic heterocycles. The number of nitrogens with one attached hydrogen (secondary N) is 1. The summed E-state index contributed by atoms with van der Waals surface area (Å²) in [6.07, 6.45) is 4.37. The van der Waals surface area contributed by atoms with Crippen molar-refractivity contribution in [2.75, 3.05) is 32.5 Å². The van der Waals surface area contributed by atoms with Crippen molar-refractivity contribution in [2.24, 2.45) is 0 Å². The number of nitrogens with zero attached hydrogens (tertiary/aromatic N) is 4. The molecule has 0 saturated heterocycles. The lowest BCUT2D eigenvalue weighted by atomic mass is 9.88. The summed E-state index contributed by atoms with van der Waals surface area (Å²) in [5.41, 5.74) is 5.51. The van der Waals surface area contributed by atoms with Gasteiger partial charge in [-0.25, -0.2) is 15.0 Å². The number of hydrogen-bond acceptors (Lipinski definition) is 7. The lowest BCUT2D eigenvalue weighted by Crippen LogP contribution is -2.32. The van der Waals surface area contributed by atoms with Crippen LogP contribution >= 0.6 is 0 Å². The molecular formula is C21H29N5O2. The summed E-state index contributed by atoms with van der Waals surface area (Å²) in [6.45, 7) is 8.71. The van der Waals surface area contributed by atoms with Gasteiger partial charge in [0.1, 0.15) is 11.8 Å². The minimum atomic E-state index is -0.214. The molecule has 1 aliphatic heterocycles. The predicted octanol–water partition coefficient (Wildman–Crippen LogP) is 3.55. The van der Waals surface area contributed by atoms with E-state index in [-0.39, 0.29) is 5.60 Å². The highest BCUT2D eigenvalue weighted by Crippen LogP contribution is 2.39. The zero-order valence-corrected chi connectivity index (χ0v) is 17.4. The highest BCUT2D eigenvalue weighted by atomic mass is 16.5. The summed E-state index contributed by atoms with van der Waals surface area (Å²) in [5, 5.41) is 4.39. The molecule has 150 valence electrons. The number of furan rings is 1. The molecule has 7 heteroatoms. The minimum Gasteiger partial charge on any atom is -0.432 e. The Kier molecular flexibility index (Phi) is 4.97. The second-order valence-electron chi connectivity index (χ2n) is 8.40. The Balaban J connectivity index is 1.88. The number of ether oxygens (including phenoxy) is 1. The molecule has 3 aromatic rings. The Labute approximate surface area is 165 Å². The molecule has 0 fully saturated rings. The van der Waals surface area contributed by atoms with Crippen LogP contribution in [0.5, 0.6) is 0 Å². The molecule has 0 radical (unpaired) electrons. The minimum absolute atomic E-state index is 0.214. The number of rotatable bonds is 6. The van der Waals surface area contributed by atoms with Gasteiger partial charge in [-0.3, -0.25) is 0 Å². The second kappa shape index (κ2) is 7.29. The molecule has 0 aromatic carbocycles. The molecule has 0 spiro atoms. The Morgan fingerprint density at radius 2 is 2.04 bits per heavy atom. The Morgan fingerprint density at radius 3 is 2.79 bits per heavy atom. The van der Waals surface area contributed by atoms with Gasteiger partial charge in [0, 0.05) is 25.1 Å². The van der Waals surface area contributed by atoms with Crippen molar-refractivity contribution in [1.29, 1.82) is 0 Å². The number of likely N-dealkylation sites (N-methyl/N-ethyl adjacent to an activating group) is 1. The molecule has 0 amide bonds. The van der Waals surface area contributed by atoms with Crippen LogP contribution < -0.4 is 5.32 Å². The van der Waals surface area contributed by atoms with Gasteiger partial charge in [-0.2, -0.15) is 0 Å². The molecule has 4 heterocycles. The summed E-state index contributed by atoms with van der Waals surface area (Å²) in [6, 6.07) is 0. The molecule has 28 heavy (non-hydrogen) atoms. The third kappa shape index (κ3) is 3.44. The maximum Gasteiger partial charge on any atom is 0.229 e. The number of aryl methyl sites for hydroxylation is 1. The van der Waals surface area contributed by atoms with E-state index in [0.717, 1.165) is 54.8 Å². The molecule has 4 rings (SSSR count). The SMILES string of the molecule is CCCc1nc2oc3c(NCCN(C)C)ncnc3c2c2c1COC(C)(C)C2. The van der Waals surface area contributed by atoms with Crippen molar-refractivity contribution in [3.05, 3.63) is 23.1 Å². The van der Waals surface area contributed by atoms with Crippen molar-refractivity contribution in [3.63, 3.8) is 0 Å². The summed E-state index contributed by atoms with van der Waals surface area (Å²) in [7, 11) is 4.10. The molecule has 0 aliphatic carbocycles. The zero-order valence-electron chi connectivity index (χ0n) is 17.4. The molecule has 0 atom stereocenters. The first-order valence-corrected chi connectivity index (χ1v) is 10.00. The van der Waals surface area contributed by atoms with Crippen LogP contribution in [-0.2, 0) is 24.2 Å². The van der Waals surface area contributed by atoms with Gasteiger partial charge in [0.2, 0.25) is 5.71 Å². The van der Waals surface area contributed by atoms with E-state index in [1.807, 2.05) is 14.1 Å². The van der Waals surface area contributed by atoms with Crippen molar-refractivity contribution in [2.45, 2.75) is 52.2 Å². The van der Waals surface area contributed by atoms with Crippen LogP contribution in [0.2, 0.25) is 0 Å². The normalized spacial score (nSPS) is 16.1. The average molecular weight is 383 g/mol. The second-order valence-corrected chi connectivity index (χ2v) is 8.40. The van der Waals surface area contributed by atoms with Crippen LogP contribution in [0.15, 0.2) is 10.7 Å². The fraction of sp³-hybridized carbons (Fsp3) is 0.571. The monoisotopic (exact) mass is 383 g/mol. The third-order valence-electron chi connectivity index (χ3n) is 5.25. The molecule has 0 unspecified atom stereocenters. The lowest BCUT2D eigenvalue weighted by Gasteiger charge is -2.33. The number of fused-ring (bicyclic) bond motifs is 5. The molecule has 1 aliphatic rings. The predicted molar refractivity (Wildman–Crippen MR) is 111 cm³/mol. The van der Waals surface area contributed by atoms with E-state index in [4.69, 9.17) is 14.1 Å². The third-order valence-corrected chi connectivity index (χ3v) is 5.25. The summed E-state index contributed by atoms with van der Waals surface area (Å²) < 4.78 is 12.3. The first kappa shape index (κ1) is 19.1.